The molecule has 6 rings (SSSR count). The maximum Gasteiger partial charge on any atom is 0.317 e. The summed E-state index contributed by atoms with van der Waals surface area (Å²) in [6, 6.07) is 3.56. The minimum atomic E-state index is -0.622. The molecule has 5 aliphatic carbocycles. The van der Waals surface area contributed by atoms with Gasteiger partial charge in [0.15, 0.2) is 5.78 Å². The van der Waals surface area contributed by atoms with E-state index >= 15 is 0 Å². The van der Waals surface area contributed by atoms with Crippen molar-refractivity contribution >= 4 is 17.7 Å². The molecule has 234 valence electrons. The van der Waals surface area contributed by atoms with E-state index in [2.05, 4.69) is 59.5 Å². The van der Waals surface area contributed by atoms with Crippen LogP contribution in [-0.2, 0) is 19.1 Å². The Balaban J connectivity index is 1.36. The highest BCUT2D eigenvalue weighted by molar-refractivity contribution is 5.95. The lowest BCUT2D eigenvalue weighted by atomic mass is 9.33. The van der Waals surface area contributed by atoms with Gasteiger partial charge in [0.2, 0.25) is 0 Å². The first kappa shape index (κ1) is 30.5. The van der Waals surface area contributed by atoms with Crippen molar-refractivity contribution in [1.29, 1.82) is 0 Å². The highest BCUT2D eigenvalue weighted by Gasteiger charge is 2.70. The number of allylic oxidation sites excluding steroid dienone is 2. The van der Waals surface area contributed by atoms with Gasteiger partial charge in [-0.2, -0.15) is 0 Å². The number of carbonyl (C=O) groups is 3. The molecule has 0 radical (unpaired) electrons. The van der Waals surface area contributed by atoms with Gasteiger partial charge in [0.25, 0.3) is 0 Å². The number of hydrogen-bond acceptors (Lipinski definition) is 6. The van der Waals surface area contributed by atoms with Gasteiger partial charge in [-0.05, 0) is 116 Å². The molecule has 1 aromatic rings. The molecule has 0 spiro atoms. The number of hydrogen-bond donors (Lipinski definition) is 0. The summed E-state index contributed by atoms with van der Waals surface area (Å²) in [7, 11) is 0. The number of fused-ring (bicyclic) bond motifs is 7. The van der Waals surface area contributed by atoms with Crippen LogP contribution in [-0.4, -0.2) is 28.8 Å². The Hall–Kier alpha value is -2.50. The van der Waals surface area contributed by atoms with E-state index in [1.54, 1.807) is 24.5 Å². The van der Waals surface area contributed by atoms with Crippen LogP contribution in [0.25, 0.3) is 0 Å². The van der Waals surface area contributed by atoms with Crippen LogP contribution >= 0.6 is 0 Å². The number of rotatable bonds is 3. The van der Waals surface area contributed by atoms with Crippen LogP contribution in [0.2, 0.25) is 0 Å². The third-order valence-electron chi connectivity index (χ3n) is 14.2. The lowest BCUT2D eigenvalue weighted by Crippen LogP contribution is -2.66. The summed E-state index contributed by atoms with van der Waals surface area (Å²) >= 11 is 0. The second kappa shape index (κ2) is 9.75. The molecular formula is C37H51NO5. The number of esters is 2. The number of nitrogens with zero attached hydrogens (tertiary/aromatic N) is 1. The van der Waals surface area contributed by atoms with E-state index in [0.717, 1.165) is 51.4 Å². The first-order chi connectivity index (χ1) is 20.0. The number of aromatic nitrogens is 1. The fourth-order valence-corrected chi connectivity index (χ4v) is 11.4. The van der Waals surface area contributed by atoms with Crippen LogP contribution in [0.3, 0.4) is 0 Å². The quantitative estimate of drug-likeness (QED) is 0.333. The van der Waals surface area contributed by atoms with Gasteiger partial charge in [-0.15, -0.1) is 0 Å². The molecule has 43 heavy (non-hydrogen) atoms. The largest absolute Gasteiger partial charge is 0.462 e. The Labute approximate surface area is 257 Å². The summed E-state index contributed by atoms with van der Waals surface area (Å²) in [5.41, 5.74) is 0.0822. The highest BCUT2D eigenvalue weighted by atomic mass is 16.5. The standard InChI is InChI=1S/C37H51NO5/c1-23(39)42-29-12-13-35(6)28(32(29,2)3)11-14-37(8)30(35)27(40)20-25-26-21-34(5,31(41)43-24-10-9-19-38-22-24)16-15-33(26,4)17-18-36(25,37)7/h9-10,19-20,22,26,28-30H,11-18,21H2,1-8H3. The molecule has 1 aromatic heterocycles. The molecule has 0 N–H and O–H groups in total. The predicted octanol–water partition coefficient (Wildman–Crippen LogP) is 7.90. The van der Waals surface area contributed by atoms with Gasteiger partial charge in [0, 0.05) is 24.5 Å². The number of ether oxygens (including phenoxy) is 2. The Bertz CT molecular complexity index is 1370. The van der Waals surface area contributed by atoms with Gasteiger partial charge in [-0.1, -0.05) is 47.1 Å². The zero-order valence-corrected chi connectivity index (χ0v) is 27.5. The molecule has 6 nitrogen and oxygen atoms in total. The summed E-state index contributed by atoms with van der Waals surface area (Å²) < 4.78 is 11.7. The summed E-state index contributed by atoms with van der Waals surface area (Å²) in [5, 5.41) is 0. The van der Waals surface area contributed by atoms with Crippen LogP contribution < -0.4 is 4.74 Å². The minimum absolute atomic E-state index is 0.0636. The lowest BCUT2D eigenvalue weighted by Gasteiger charge is -2.70. The summed E-state index contributed by atoms with van der Waals surface area (Å²) in [6.07, 6.45) is 13.5. The molecule has 5 aliphatic rings. The van der Waals surface area contributed by atoms with Crippen molar-refractivity contribution in [3.8, 4) is 5.75 Å². The molecule has 9 unspecified atom stereocenters. The second-order valence-electron chi connectivity index (χ2n) is 16.8. The van der Waals surface area contributed by atoms with E-state index in [0.29, 0.717) is 18.1 Å². The molecule has 0 bridgehead atoms. The third-order valence-corrected chi connectivity index (χ3v) is 14.2. The fourth-order valence-electron chi connectivity index (χ4n) is 11.4. The number of ketones is 1. The predicted molar refractivity (Wildman–Crippen MR) is 165 cm³/mol. The van der Waals surface area contributed by atoms with Crippen molar-refractivity contribution in [2.24, 2.45) is 50.2 Å². The topological polar surface area (TPSA) is 82.6 Å². The fraction of sp³-hybridized carbons (Fsp3) is 0.730. The smallest absolute Gasteiger partial charge is 0.317 e. The molecule has 0 aliphatic heterocycles. The third kappa shape index (κ3) is 4.31. The van der Waals surface area contributed by atoms with E-state index in [4.69, 9.17) is 9.47 Å². The average molecular weight is 590 g/mol. The van der Waals surface area contributed by atoms with Crippen molar-refractivity contribution in [1.82, 2.24) is 4.98 Å². The number of carbonyl (C=O) groups excluding carboxylic acids is 3. The van der Waals surface area contributed by atoms with Crippen LogP contribution in [0, 0.1) is 50.2 Å². The van der Waals surface area contributed by atoms with E-state index in [9.17, 15) is 14.4 Å². The van der Waals surface area contributed by atoms with E-state index in [1.165, 1.54) is 12.5 Å². The summed E-state index contributed by atoms with van der Waals surface area (Å²) in [4.78, 5) is 44.4. The van der Waals surface area contributed by atoms with Gasteiger partial charge in [0.05, 0.1) is 11.6 Å². The SMILES string of the molecule is CC(=O)OC1CCC2(C)C(CCC3(C)C2C(=O)C=C2C4CC(C)(C(=O)Oc5cccnc5)CCC4(C)CCC23C)C1(C)C. The molecule has 4 saturated carbocycles. The minimum Gasteiger partial charge on any atom is -0.462 e. The van der Waals surface area contributed by atoms with Crippen molar-refractivity contribution in [2.45, 2.75) is 119 Å². The molecular weight excluding hydrogens is 538 g/mol. The van der Waals surface area contributed by atoms with Crippen LogP contribution in [0.5, 0.6) is 5.75 Å². The number of pyridine rings is 1. The Morgan fingerprint density at radius 3 is 2.33 bits per heavy atom. The maximum absolute atomic E-state index is 14.6. The molecule has 1 heterocycles. The Morgan fingerprint density at radius 1 is 0.930 bits per heavy atom. The zero-order chi connectivity index (χ0) is 31.2. The average Bonchev–Trinajstić information content (AvgIpc) is 2.93. The van der Waals surface area contributed by atoms with Gasteiger partial charge in [0.1, 0.15) is 11.9 Å². The zero-order valence-electron chi connectivity index (χ0n) is 27.5. The van der Waals surface area contributed by atoms with Crippen molar-refractivity contribution in [3.63, 3.8) is 0 Å². The summed E-state index contributed by atoms with van der Waals surface area (Å²) in [6.45, 7) is 17.7. The molecule has 0 aromatic carbocycles. The monoisotopic (exact) mass is 589 g/mol. The molecule has 6 heteroatoms. The van der Waals surface area contributed by atoms with E-state index in [1.807, 2.05) is 0 Å². The van der Waals surface area contributed by atoms with Gasteiger partial charge >= 0.3 is 11.9 Å². The van der Waals surface area contributed by atoms with Crippen molar-refractivity contribution in [3.05, 3.63) is 36.2 Å². The first-order valence-corrected chi connectivity index (χ1v) is 16.6. The molecule has 0 amide bonds. The van der Waals surface area contributed by atoms with Gasteiger partial charge < -0.3 is 9.47 Å². The second-order valence-corrected chi connectivity index (χ2v) is 16.8. The molecule has 4 fully saturated rings. The van der Waals surface area contributed by atoms with E-state index < -0.39 is 5.41 Å². The van der Waals surface area contributed by atoms with Crippen LogP contribution in [0.15, 0.2) is 36.2 Å². The van der Waals surface area contributed by atoms with E-state index in [-0.39, 0.29) is 62.7 Å². The van der Waals surface area contributed by atoms with Gasteiger partial charge in [-0.3, -0.25) is 19.4 Å². The molecule has 9 atom stereocenters. The normalized spacial score (nSPS) is 44.9. The Morgan fingerprint density at radius 2 is 1.65 bits per heavy atom. The maximum atomic E-state index is 14.6. The van der Waals surface area contributed by atoms with Crippen LogP contribution in [0.4, 0.5) is 0 Å². The molecule has 0 saturated heterocycles. The van der Waals surface area contributed by atoms with Crippen LogP contribution in [0.1, 0.15) is 113 Å². The van der Waals surface area contributed by atoms with Crippen molar-refractivity contribution < 1.29 is 23.9 Å². The summed E-state index contributed by atoms with van der Waals surface area (Å²) in [5.74, 6) is 0.738. The highest BCUT2D eigenvalue weighted by Crippen LogP contribution is 2.75. The van der Waals surface area contributed by atoms with Gasteiger partial charge in [-0.25, -0.2) is 0 Å². The lowest BCUT2D eigenvalue weighted by molar-refractivity contribution is -0.210. The van der Waals surface area contributed by atoms with Crippen molar-refractivity contribution in [2.75, 3.05) is 0 Å². The first-order valence-electron chi connectivity index (χ1n) is 16.6. The Kier molecular flexibility index (Phi) is 6.92.